The number of esters is 1. The summed E-state index contributed by atoms with van der Waals surface area (Å²) in [5.74, 6) is -0.835. The van der Waals surface area contributed by atoms with Crippen molar-refractivity contribution in [3.63, 3.8) is 0 Å². The van der Waals surface area contributed by atoms with Crippen molar-refractivity contribution in [3.05, 3.63) is 38.3 Å². The van der Waals surface area contributed by atoms with Crippen molar-refractivity contribution in [1.29, 1.82) is 0 Å². The summed E-state index contributed by atoms with van der Waals surface area (Å²) < 4.78 is 4.39. The molecule has 0 N–H and O–H groups in total. The van der Waals surface area contributed by atoms with Gasteiger partial charge in [0.25, 0.3) is 5.69 Å². The molecule has 1 aromatic carbocycles. The molecule has 0 heterocycles. The quantitative estimate of drug-likeness (QED) is 0.338. The summed E-state index contributed by atoms with van der Waals surface area (Å²) in [5, 5.41) is 13.3. The lowest BCUT2D eigenvalue weighted by molar-refractivity contribution is -0.385. The Labute approximate surface area is 90.1 Å². The lowest BCUT2D eigenvalue weighted by atomic mass is 10.1. The summed E-state index contributed by atoms with van der Waals surface area (Å²) in [6.07, 6.45) is 0. The van der Waals surface area contributed by atoms with E-state index in [2.05, 4.69) is 9.91 Å². The fourth-order valence-electron chi connectivity index (χ4n) is 1.23. The first-order chi connectivity index (χ1) is 7.51. The van der Waals surface area contributed by atoms with Gasteiger partial charge < -0.3 is 4.74 Å². The maximum Gasteiger partial charge on any atom is 0.340 e. The summed E-state index contributed by atoms with van der Waals surface area (Å²) in [6, 6.07) is 2.16. The van der Waals surface area contributed by atoms with Gasteiger partial charge in [-0.1, -0.05) is 0 Å². The van der Waals surface area contributed by atoms with Gasteiger partial charge in [0.15, 0.2) is 0 Å². The highest BCUT2D eigenvalue weighted by Gasteiger charge is 2.20. The topological polar surface area (TPSA) is 98.9 Å². The molecular weight excluding hydrogens is 216 g/mol. The molecule has 0 atom stereocenters. The van der Waals surface area contributed by atoms with Crippen LogP contribution in [0, 0.1) is 21.9 Å². The molecule has 16 heavy (non-hydrogen) atoms. The second-order valence-corrected chi connectivity index (χ2v) is 3.00. The lowest BCUT2D eigenvalue weighted by Gasteiger charge is -2.03. The van der Waals surface area contributed by atoms with Crippen molar-refractivity contribution in [1.82, 2.24) is 0 Å². The number of hydrogen-bond acceptors (Lipinski definition) is 6. The van der Waals surface area contributed by atoms with E-state index in [0.29, 0.717) is 0 Å². The molecule has 0 radical (unpaired) electrons. The van der Waals surface area contributed by atoms with E-state index in [9.17, 15) is 19.8 Å². The SMILES string of the molecule is COC(=O)c1cc([N+](=O)[O-])c(C)cc1N=O. The summed E-state index contributed by atoms with van der Waals surface area (Å²) >= 11 is 0. The third kappa shape index (κ3) is 2.02. The molecule has 0 fully saturated rings. The normalized spacial score (nSPS) is 9.62. The summed E-state index contributed by atoms with van der Waals surface area (Å²) in [6.45, 7) is 1.45. The van der Waals surface area contributed by atoms with Gasteiger partial charge in [0.1, 0.15) is 5.69 Å². The Morgan fingerprint density at radius 3 is 2.56 bits per heavy atom. The van der Waals surface area contributed by atoms with Crippen molar-refractivity contribution >= 4 is 17.3 Å². The smallest absolute Gasteiger partial charge is 0.340 e. The van der Waals surface area contributed by atoms with E-state index in [1.165, 1.54) is 13.0 Å². The molecule has 84 valence electrons. The lowest BCUT2D eigenvalue weighted by Crippen LogP contribution is -2.03. The van der Waals surface area contributed by atoms with E-state index in [-0.39, 0.29) is 22.5 Å². The summed E-state index contributed by atoms with van der Waals surface area (Å²) in [4.78, 5) is 31.7. The Morgan fingerprint density at radius 1 is 1.50 bits per heavy atom. The van der Waals surface area contributed by atoms with Gasteiger partial charge in [-0.2, -0.15) is 0 Å². The minimum atomic E-state index is -0.835. The largest absolute Gasteiger partial charge is 0.465 e. The number of carbonyl (C=O) groups is 1. The van der Waals surface area contributed by atoms with Gasteiger partial charge >= 0.3 is 5.97 Å². The second-order valence-electron chi connectivity index (χ2n) is 3.00. The molecule has 0 aromatic heterocycles. The van der Waals surface area contributed by atoms with Crippen molar-refractivity contribution in [2.24, 2.45) is 5.18 Å². The van der Waals surface area contributed by atoms with E-state index in [1.807, 2.05) is 0 Å². The van der Waals surface area contributed by atoms with Gasteiger partial charge in [-0.3, -0.25) is 10.1 Å². The number of hydrogen-bond donors (Lipinski definition) is 0. The number of methoxy groups -OCH3 is 1. The first-order valence-corrected chi connectivity index (χ1v) is 4.22. The molecule has 0 bridgehead atoms. The third-order valence-electron chi connectivity index (χ3n) is 2.01. The first-order valence-electron chi connectivity index (χ1n) is 4.22. The highest BCUT2D eigenvalue weighted by atomic mass is 16.6. The zero-order valence-corrected chi connectivity index (χ0v) is 8.59. The average Bonchev–Trinajstić information content (AvgIpc) is 2.27. The summed E-state index contributed by atoms with van der Waals surface area (Å²) in [5.41, 5.74) is -0.384. The summed E-state index contributed by atoms with van der Waals surface area (Å²) in [7, 11) is 1.11. The maximum absolute atomic E-state index is 11.2. The number of nitroso groups, excluding NO2 is 1. The van der Waals surface area contributed by atoms with Crippen LogP contribution in [0.3, 0.4) is 0 Å². The van der Waals surface area contributed by atoms with Crippen molar-refractivity contribution < 1.29 is 14.5 Å². The Bertz CT molecular complexity index is 469. The van der Waals surface area contributed by atoms with E-state index in [4.69, 9.17) is 0 Å². The third-order valence-corrected chi connectivity index (χ3v) is 2.01. The number of carbonyl (C=O) groups excluding carboxylic acids is 1. The van der Waals surface area contributed by atoms with Crippen LogP contribution in [-0.4, -0.2) is 18.0 Å². The van der Waals surface area contributed by atoms with Crippen LogP contribution in [0.5, 0.6) is 0 Å². The number of nitrogens with zero attached hydrogens (tertiary/aromatic N) is 2. The molecule has 1 aromatic rings. The standard InChI is InChI=1S/C9H8N2O5/c1-5-3-7(10-13)6(9(12)16-2)4-8(5)11(14)15/h3-4H,1-2H3. The van der Waals surface area contributed by atoms with Crippen LogP contribution in [0.1, 0.15) is 15.9 Å². The van der Waals surface area contributed by atoms with E-state index in [0.717, 1.165) is 13.2 Å². The number of ether oxygens (including phenoxy) is 1. The highest BCUT2D eigenvalue weighted by molar-refractivity contribution is 5.95. The van der Waals surface area contributed by atoms with Crippen LogP contribution in [0.25, 0.3) is 0 Å². The van der Waals surface area contributed by atoms with Crippen LogP contribution < -0.4 is 0 Å². The van der Waals surface area contributed by atoms with E-state index >= 15 is 0 Å². The van der Waals surface area contributed by atoms with Gasteiger partial charge in [0.05, 0.1) is 17.6 Å². The van der Waals surface area contributed by atoms with Crippen LogP contribution in [0.2, 0.25) is 0 Å². The van der Waals surface area contributed by atoms with Gasteiger partial charge in [-0.05, 0) is 18.2 Å². The zero-order chi connectivity index (χ0) is 12.3. The van der Waals surface area contributed by atoms with Gasteiger partial charge in [-0.25, -0.2) is 4.79 Å². The monoisotopic (exact) mass is 224 g/mol. The molecule has 7 nitrogen and oxygen atoms in total. The van der Waals surface area contributed by atoms with Gasteiger partial charge in [0, 0.05) is 11.6 Å². The number of rotatable bonds is 3. The molecule has 0 aliphatic heterocycles. The molecule has 0 amide bonds. The Morgan fingerprint density at radius 2 is 2.12 bits per heavy atom. The molecular formula is C9H8N2O5. The molecule has 7 heteroatoms. The molecule has 1 rings (SSSR count). The fourth-order valence-corrected chi connectivity index (χ4v) is 1.23. The molecule has 0 unspecified atom stereocenters. The molecule has 0 spiro atoms. The number of nitro groups is 1. The van der Waals surface area contributed by atoms with Crippen LogP contribution >= 0.6 is 0 Å². The van der Waals surface area contributed by atoms with E-state index in [1.54, 1.807) is 0 Å². The highest BCUT2D eigenvalue weighted by Crippen LogP contribution is 2.28. The number of aryl methyl sites for hydroxylation is 1. The number of nitro benzene ring substituents is 1. The Hall–Kier alpha value is -2.31. The van der Waals surface area contributed by atoms with Crippen LogP contribution in [0.4, 0.5) is 11.4 Å². The fraction of sp³-hybridized carbons (Fsp3) is 0.222. The number of benzene rings is 1. The predicted molar refractivity (Wildman–Crippen MR) is 54.6 cm³/mol. The second kappa shape index (κ2) is 4.47. The first kappa shape index (κ1) is 11.8. The average molecular weight is 224 g/mol. The minimum Gasteiger partial charge on any atom is -0.465 e. The van der Waals surface area contributed by atoms with Crippen molar-refractivity contribution in [2.75, 3.05) is 7.11 Å². The Balaban J connectivity index is 3.46. The minimum absolute atomic E-state index is 0.171. The van der Waals surface area contributed by atoms with Gasteiger partial charge in [0.2, 0.25) is 0 Å². The van der Waals surface area contributed by atoms with Crippen molar-refractivity contribution in [2.45, 2.75) is 6.92 Å². The maximum atomic E-state index is 11.2. The van der Waals surface area contributed by atoms with E-state index < -0.39 is 10.9 Å². The molecule has 0 aliphatic carbocycles. The van der Waals surface area contributed by atoms with Gasteiger partial charge in [-0.15, -0.1) is 4.91 Å². The predicted octanol–water partition coefficient (Wildman–Crippen LogP) is 2.09. The van der Waals surface area contributed by atoms with Crippen LogP contribution in [0.15, 0.2) is 17.3 Å². The molecule has 0 saturated heterocycles. The zero-order valence-electron chi connectivity index (χ0n) is 8.59. The van der Waals surface area contributed by atoms with Crippen molar-refractivity contribution in [3.8, 4) is 0 Å². The molecule has 0 aliphatic rings. The molecule has 0 saturated carbocycles. The Kier molecular flexibility index (Phi) is 3.29. The van der Waals surface area contributed by atoms with Crippen LogP contribution in [-0.2, 0) is 4.74 Å².